The summed E-state index contributed by atoms with van der Waals surface area (Å²) >= 11 is 1.02. The van der Waals surface area contributed by atoms with E-state index in [0.717, 1.165) is 17.3 Å². The number of H-pyrrole nitrogens is 1. The lowest BCUT2D eigenvalue weighted by Crippen LogP contribution is -2.26. The van der Waals surface area contributed by atoms with Gasteiger partial charge in [-0.15, -0.1) is 0 Å². The number of nitrogens with one attached hydrogen (secondary N) is 2. The lowest BCUT2D eigenvalue weighted by Gasteiger charge is -2.06. The highest BCUT2D eigenvalue weighted by molar-refractivity contribution is 7.99. The van der Waals surface area contributed by atoms with Gasteiger partial charge in [-0.2, -0.15) is 0 Å². The number of amides is 2. The summed E-state index contributed by atoms with van der Waals surface area (Å²) in [5, 5.41) is 3.03. The molecule has 0 aliphatic heterocycles. The smallest absolute Gasteiger partial charge is 0.251 e. The molecule has 1 heterocycles. The second kappa shape index (κ2) is 8.14. The minimum Gasteiger partial charge on any atom is -0.369 e. The van der Waals surface area contributed by atoms with Gasteiger partial charge < -0.3 is 16.0 Å². The molecule has 0 aliphatic carbocycles. The first-order valence-electron chi connectivity index (χ1n) is 6.85. The average molecular weight is 332 g/mol. The van der Waals surface area contributed by atoms with Crippen molar-refractivity contribution in [3.8, 4) is 0 Å². The zero-order chi connectivity index (χ0) is 16.7. The maximum absolute atomic E-state index is 11.9. The van der Waals surface area contributed by atoms with Crippen LogP contribution in [0.25, 0.3) is 0 Å². The first-order valence-corrected chi connectivity index (χ1v) is 7.83. The Morgan fingerprint density at radius 3 is 2.70 bits per heavy atom. The minimum absolute atomic E-state index is 0.00654. The molecule has 23 heavy (non-hydrogen) atoms. The van der Waals surface area contributed by atoms with Gasteiger partial charge in [0.05, 0.1) is 17.9 Å². The van der Waals surface area contributed by atoms with Gasteiger partial charge in [-0.3, -0.25) is 14.4 Å². The number of aromatic nitrogens is 2. The van der Waals surface area contributed by atoms with Crippen molar-refractivity contribution in [2.45, 2.75) is 18.1 Å². The maximum atomic E-state index is 11.9. The van der Waals surface area contributed by atoms with E-state index in [1.807, 2.05) is 30.3 Å². The third-order valence-electron chi connectivity index (χ3n) is 2.80. The number of thioether (sulfide) groups is 1. The van der Waals surface area contributed by atoms with Crippen LogP contribution in [0.4, 0.5) is 0 Å². The Labute approximate surface area is 136 Å². The SMILES string of the molecule is NC(=O)CSc1nc(CC(=O)NCc2ccccc2)cc(=O)[nH]1. The number of carbonyl (C=O) groups is 2. The van der Waals surface area contributed by atoms with E-state index in [1.165, 1.54) is 6.07 Å². The predicted octanol–water partition coefficient (Wildman–Crippen LogP) is 0.206. The van der Waals surface area contributed by atoms with Gasteiger partial charge in [0.25, 0.3) is 5.56 Å². The number of rotatable bonds is 7. The van der Waals surface area contributed by atoms with E-state index in [-0.39, 0.29) is 28.8 Å². The van der Waals surface area contributed by atoms with Gasteiger partial charge >= 0.3 is 0 Å². The van der Waals surface area contributed by atoms with Crippen LogP contribution >= 0.6 is 11.8 Å². The molecule has 4 N–H and O–H groups in total. The van der Waals surface area contributed by atoms with E-state index in [9.17, 15) is 14.4 Å². The molecule has 0 atom stereocenters. The van der Waals surface area contributed by atoms with Crippen molar-refractivity contribution in [3.63, 3.8) is 0 Å². The summed E-state index contributed by atoms with van der Waals surface area (Å²) in [7, 11) is 0. The highest BCUT2D eigenvalue weighted by Crippen LogP contribution is 2.10. The molecule has 0 unspecified atom stereocenters. The highest BCUT2D eigenvalue weighted by Gasteiger charge is 2.08. The van der Waals surface area contributed by atoms with Gasteiger partial charge in [0.2, 0.25) is 11.8 Å². The third-order valence-corrected chi connectivity index (χ3v) is 3.69. The van der Waals surface area contributed by atoms with Crippen LogP contribution in [0.3, 0.4) is 0 Å². The van der Waals surface area contributed by atoms with Crippen LogP contribution in [-0.2, 0) is 22.6 Å². The van der Waals surface area contributed by atoms with E-state index in [2.05, 4.69) is 15.3 Å². The second-order valence-electron chi connectivity index (χ2n) is 4.74. The van der Waals surface area contributed by atoms with Crippen molar-refractivity contribution in [1.29, 1.82) is 0 Å². The predicted molar refractivity (Wildman–Crippen MR) is 86.8 cm³/mol. The summed E-state index contributed by atoms with van der Waals surface area (Å²) in [5.41, 5.74) is 5.99. The van der Waals surface area contributed by atoms with Gasteiger partial charge in [-0.25, -0.2) is 4.98 Å². The molecule has 0 fully saturated rings. The first-order chi connectivity index (χ1) is 11.0. The Kier molecular flexibility index (Phi) is 5.93. The van der Waals surface area contributed by atoms with Gasteiger partial charge in [0.1, 0.15) is 0 Å². The molecular weight excluding hydrogens is 316 g/mol. The lowest BCUT2D eigenvalue weighted by atomic mass is 10.2. The standard InChI is InChI=1S/C15H16N4O3S/c16-12(20)9-23-15-18-11(7-14(22)19-15)6-13(21)17-8-10-4-2-1-3-5-10/h1-5,7H,6,8-9H2,(H2,16,20)(H,17,21)(H,18,19,22). The number of hydrogen-bond acceptors (Lipinski definition) is 5. The number of nitrogens with two attached hydrogens (primary N) is 1. The Morgan fingerprint density at radius 1 is 1.26 bits per heavy atom. The fourth-order valence-electron chi connectivity index (χ4n) is 1.81. The zero-order valence-corrected chi connectivity index (χ0v) is 13.1. The van der Waals surface area contributed by atoms with E-state index in [0.29, 0.717) is 12.2 Å². The average Bonchev–Trinajstić information content (AvgIpc) is 2.51. The molecule has 1 aromatic carbocycles. The molecule has 0 aliphatic rings. The Hall–Kier alpha value is -2.61. The maximum Gasteiger partial charge on any atom is 0.251 e. The quantitative estimate of drug-likeness (QED) is 0.495. The van der Waals surface area contributed by atoms with Gasteiger partial charge in [-0.1, -0.05) is 42.1 Å². The number of benzene rings is 1. The first kappa shape index (κ1) is 16.8. The van der Waals surface area contributed by atoms with Crippen molar-refractivity contribution in [2.75, 3.05) is 5.75 Å². The molecule has 2 amide bonds. The number of aromatic amines is 1. The third kappa shape index (κ3) is 5.95. The Balaban J connectivity index is 1.94. The lowest BCUT2D eigenvalue weighted by molar-refractivity contribution is -0.120. The molecule has 0 saturated heterocycles. The summed E-state index contributed by atoms with van der Waals surface area (Å²) in [6.07, 6.45) is -0.0130. The highest BCUT2D eigenvalue weighted by atomic mass is 32.2. The van der Waals surface area contributed by atoms with Gasteiger partial charge in [0, 0.05) is 12.6 Å². The molecule has 0 saturated carbocycles. The normalized spacial score (nSPS) is 10.3. The molecule has 2 aromatic rings. The van der Waals surface area contributed by atoms with Crippen molar-refractivity contribution in [1.82, 2.24) is 15.3 Å². The largest absolute Gasteiger partial charge is 0.369 e. The monoisotopic (exact) mass is 332 g/mol. The molecular formula is C15H16N4O3S. The molecule has 2 rings (SSSR count). The van der Waals surface area contributed by atoms with Crippen LogP contribution in [0.2, 0.25) is 0 Å². The molecule has 7 nitrogen and oxygen atoms in total. The van der Waals surface area contributed by atoms with Crippen LogP contribution in [-0.4, -0.2) is 27.5 Å². The summed E-state index contributed by atoms with van der Waals surface area (Å²) in [4.78, 5) is 40.9. The minimum atomic E-state index is -0.511. The van der Waals surface area contributed by atoms with E-state index >= 15 is 0 Å². The summed E-state index contributed by atoms with van der Waals surface area (Å²) in [6, 6.07) is 10.8. The topological polar surface area (TPSA) is 118 Å². The van der Waals surface area contributed by atoms with Crippen molar-refractivity contribution < 1.29 is 9.59 Å². The van der Waals surface area contributed by atoms with Crippen LogP contribution in [0.5, 0.6) is 0 Å². The van der Waals surface area contributed by atoms with Crippen LogP contribution < -0.4 is 16.6 Å². The van der Waals surface area contributed by atoms with Crippen LogP contribution in [0, 0.1) is 0 Å². The summed E-state index contributed by atoms with van der Waals surface area (Å²) in [6.45, 7) is 0.409. The van der Waals surface area contributed by atoms with E-state index in [4.69, 9.17) is 5.73 Å². The van der Waals surface area contributed by atoms with Crippen molar-refractivity contribution in [3.05, 3.63) is 58.0 Å². The van der Waals surface area contributed by atoms with Crippen molar-refractivity contribution >= 4 is 23.6 Å². The number of primary amides is 1. The zero-order valence-electron chi connectivity index (χ0n) is 12.2. The molecule has 0 radical (unpaired) electrons. The number of carbonyl (C=O) groups excluding carboxylic acids is 2. The van der Waals surface area contributed by atoms with Gasteiger partial charge in [0.15, 0.2) is 5.16 Å². The van der Waals surface area contributed by atoms with Crippen molar-refractivity contribution in [2.24, 2.45) is 5.73 Å². The fraction of sp³-hybridized carbons (Fsp3) is 0.200. The summed E-state index contributed by atoms with van der Waals surface area (Å²) in [5.74, 6) is -0.742. The molecule has 120 valence electrons. The van der Waals surface area contributed by atoms with Crippen LogP contribution in [0.1, 0.15) is 11.3 Å². The molecule has 8 heteroatoms. The molecule has 0 spiro atoms. The summed E-state index contributed by atoms with van der Waals surface area (Å²) < 4.78 is 0. The van der Waals surface area contributed by atoms with Crippen LogP contribution in [0.15, 0.2) is 46.3 Å². The van der Waals surface area contributed by atoms with E-state index < -0.39 is 5.91 Å². The number of hydrogen-bond donors (Lipinski definition) is 3. The van der Waals surface area contributed by atoms with Gasteiger partial charge in [-0.05, 0) is 5.56 Å². The Bertz CT molecular complexity index is 746. The second-order valence-corrected chi connectivity index (χ2v) is 5.70. The molecule has 0 bridgehead atoms. The number of nitrogens with zero attached hydrogens (tertiary/aromatic N) is 1. The van der Waals surface area contributed by atoms with E-state index in [1.54, 1.807) is 0 Å². The fourth-order valence-corrected chi connectivity index (χ4v) is 2.44. The molecule has 1 aromatic heterocycles. The Morgan fingerprint density at radius 2 is 2.00 bits per heavy atom.